The van der Waals surface area contributed by atoms with E-state index in [4.69, 9.17) is 20.9 Å². The molecule has 0 aliphatic carbocycles. The van der Waals surface area contributed by atoms with E-state index in [-0.39, 0.29) is 19.1 Å². The molecule has 2 aromatic carbocycles. The summed E-state index contributed by atoms with van der Waals surface area (Å²) in [6, 6.07) is 11.5. The van der Waals surface area contributed by atoms with Crippen molar-refractivity contribution in [1.29, 1.82) is 0 Å². The second kappa shape index (κ2) is 8.38. The lowest BCUT2D eigenvalue weighted by Gasteiger charge is -2.21. The number of hydrogen-bond donors (Lipinski definition) is 2. The highest BCUT2D eigenvalue weighted by atomic mass is 16.5. The van der Waals surface area contributed by atoms with Crippen LogP contribution in [0, 0.1) is 13.8 Å². The number of benzene rings is 2. The first-order valence-electron chi connectivity index (χ1n) is 8.31. The molecule has 2 aromatic rings. The second-order valence-corrected chi connectivity index (χ2v) is 6.31. The number of primary amides is 2. The molecule has 2 amide bonds. The van der Waals surface area contributed by atoms with Gasteiger partial charge in [-0.1, -0.05) is 42.3 Å². The van der Waals surface area contributed by atoms with Crippen LogP contribution in [0.2, 0.25) is 0 Å². The number of ether oxygens (including phenoxy) is 2. The van der Waals surface area contributed by atoms with E-state index in [0.29, 0.717) is 11.5 Å². The minimum Gasteiger partial charge on any atom is -0.483 e. The molecule has 0 saturated heterocycles. The maximum Gasteiger partial charge on any atom is 0.255 e. The van der Waals surface area contributed by atoms with Crippen molar-refractivity contribution in [3.8, 4) is 11.5 Å². The maximum absolute atomic E-state index is 11.1. The van der Waals surface area contributed by atoms with Crippen molar-refractivity contribution in [2.75, 3.05) is 13.2 Å². The number of carbonyl (C=O) groups excluding carboxylic acids is 2. The fourth-order valence-electron chi connectivity index (χ4n) is 2.74. The van der Waals surface area contributed by atoms with Gasteiger partial charge < -0.3 is 20.9 Å². The zero-order valence-electron chi connectivity index (χ0n) is 15.2. The van der Waals surface area contributed by atoms with Crippen molar-refractivity contribution in [2.45, 2.75) is 26.7 Å². The molecule has 0 atom stereocenters. The summed E-state index contributed by atoms with van der Waals surface area (Å²) in [7, 11) is 0. The van der Waals surface area contributed by atoms with Crippen LogP contribution in [0.5, 0.6) is 11.5 Å². The summed E-state index contributed by atoms with van der Waals surface area (Å²) in [6.07, 6.45) is 0. The molecule has 6 heteroatoms. The Hall–Kier alpha value is -3.02. The van der Waals surface area contributed by atoms with Crippen LogP contribution in [0.3, 0.4) is 0 Å². The summed E-state index contributed by atoms with van der Waals surface area (Å²) in [5.41, 5.74) is 14.3. The van der Waals surface area contributed by atoms with Gasteiger partial charge in [-0.3, -0.25) is 9.59 Å². The van der Waals surface area contributed by atoms with Gasteiger partial charge in [-0.25, -0.2) is 0 Å². The van der Waals surface area contributed by atoms with Crippen LogP contribution in [0.1, 0.15) is 35.1 Å². The van der Waals surface area contributed by atoms with E-state index in [1.165, 1.54) is 0 Å². The Balaban J connectivity index is 2.43. The van der Waals surface area contributed by atoms with Crippen molar-refractivity contribution in [2.24, 2.45) is 11.5 Å². The Kier molecular flexibility index (Phi) is 6.22. The zero-order valence-corrected chi connectivity index (χ0v) is 15.2. The van der Waals surface area contributed by atoms with Crippen molar-refractivity contribution in [3.63, 3.8) is 0 Å². The fourth-order valence-corrected chi connectivity index (χ4v) is 2.74. The Bertz CT molecular complexity index is 750. The van der Waals surface area contributed by atoms with Crippen LogP contribution in [0.25, 0.3) is 0 Å². The summed E-state index contributed by atoms with van der Waals surface area (Å²) in [6.45, 7) is 5.59. The number of amides is 2. The van der Waals surface area contributed by atoms with Crippen LogP contribution in [0.15, 0.2) is 36.4 Å². The lowest BCUT2D eigenvalue weighted by molar-refractivity contribution is -0.120. The molecule has 0 saturated carbocycles. The molecule has 138 valence electrons. The van der Waals surface area contributed by atoms with Crippen molar-refractivity contribution in [1.82, 2.24) is 0 Å². The molecule has 6 nitrogen and oxygen atoms in total. The predicted octanol–water partition coefficient (Wildman–Crippen LogP) is 2.18. The Labute approximate surface area is 153 Å². The normalized spacial score (nSPS) is 10.6. The third-order valence-corrected chi connectivity index (χ3v) is 4.00. The monoisotopic (exact) mass is 356 g/mol. The topological polar surface area (TPSA) is 105 Å². The van der Waals surface area contributed by atoms with Gasteiger partial charge in [0.2, 0.25) is 0 Å². The van der Waals surface area contributed by atoms with Crippen LogP contribution >= 0.6 is 0 Å². The molecule has 0 aliphatic rings. The minimum atomic E-state index is -0.537. The standard InChI is InChI=1S/C20H24N2O4/c1-12-4-6-17(25-10-19(21)23)15(8-12)14(3)16-9-13(2)5-7-18(16)26-11-20(22)24/h4-9,14H,10-11H2,1-3H3,(H2,21,23)(H2,22,24). The number of rotatable bonds is 8. The quantitative estimate of drug-likeness (QED) is 0.756. The zero-order chi connectivity index (χ0) is 19.3. The van der Waals surface area contributed by atoms with Crippen molar-refractivity contribution in [3.05, 3.63) is 58.7 Å². The fraction of sp³-hybridized carbons (Fsp3) is 0.300. The lowest BCUT2D eigenvalue weighted by atomic mass is 9.90. The molecular formula is C20H24N2O4. The summed E-state index contributed by atoms with van der Waals surface area (Å²) in [4.78, 5) is 22.1. The van der Waals surface area contributed by atoms with Gasteiger partial charge in [0.15, 0.2) is 13.2 Å². The van der Waals surface area contributed by atoms with Gasteiger partial charge >= 0.3 is 0 Å². The summed E-state index contributed by atoms with van der Waals surface area (Å²) in [5, 5.41) is 0. The van der Waals surface area contributed by atoms with Gasteiger partial charge in [0, 0.05) is 17.0 Å². The van der Waals surface area contributed by atoms with Crippen LogP contribution in [-0.4, -0.2) is 25.0 Å². The number of nitrogens with two attached hydrogens (primary N) is 2. The third-order valence-electron chi connectivity index (χ3n) is 4.00. The highest BCUT2D eigenvalue weighted by Gasteiger charge is 2.19. The van der Waals surface area contributed by atoms with E-state index in [1.807, 2.05) is 57.2 Å². The van der Waals surface area contributed by atoms with E-state index < -0.39 is 11.8 Å². The van der Waals surface area contributed by atoms with Gasteiger partial charge in [0.1, 0.15) is 11.5 Å². The average molecular weight is 356 g/mol. The Morgan fingerprint density at radius 2 is 1.23 bits per heavy atom. The predicted molar refractivity (Wildman–Crippen MR) is 99.3 cm³/mol. The Morgan fingerprint density at radius 1 is 0.846 bits per heavy atom. The van der Waals surface area contributed by atoms with E-state index in [2.05, 4.69) is 0 Å². The first kappa shape index (κ1) is 19.3. The van der Waals surface area contributed by atoms with Gasteiger partial charge in [0.25, 0.3) is 11.8 Å². The first-order valence-corrected chi connectivity index (χ1v) is 8.31. The highest BCUT2D eigenvalue weighted by molar-refractivity contribution is 5.75. The molecule has 0 heterocycles. The van der Waals surface area contributed by atoms with Gasteiger partial charge in [0.05, 0.1) is 0 Å². The molecule has 2 rings (SSSR count). The molecule has 0 bridgehead atoms. The SMILES string of the molecule is Cc1ccc(OCC(N)=O)c(C(C)c2cc(C)ccc2OCC(N)=O)c1. The van der Waals surface area contributed by atoms with Gasteiger partial charge in [-0.05, 0) is 26.0 Å². The summed E-state index contributed by atoms with van der Waals surface area (Å²) < 4.78 is 11.2. The number of carbonyl (C=O) groups is 2. The highest BCUT2D eigenvalue weighted by Crippen LogP contribution is 2.37. The van der Waals surface area contributed by atoms with Crippen molar-refractivity contribution < 1.29 is 19.1 Å². The van der Waals surface area contributed by atoms with E-state index in [1.54, 1.807) is 0 Å². The van der Waals surface area contributed by atoms with E-state index in [9.17, 15) is 9.59 Å². The molecule has 0 aliphatic heterocycles. The van der Waals surface area contributed by atoms with E-state index in [0.717, 1.165) is 22.3 Å². The lowest BCUT2D eigenvalue weighted by Crippen LogP contribution is -2.21. The first-order chi connectivity index (χ1) is 12.3. The Morgan fingerprint density at radius 3 is 1.58 bits per heavy atom. The molecule has 0 spiro atoms. The number of aryl methyl sites for hydroxylation is 2. The molecule has 4 N–H and O–H groups in total. The second-order valence-electron chi connectivity index (χ2n) is 6.31. The molecule has 0 unspecified atom stereocenters. The maximum atomic E-state index is 11.1. The minimum absolute atomic E-state index is 0.0967. The molecule has 0 aromatic heterocycles. The summed E-state index contributed by atoms with van der Waals surface area (Å²) in [5.74, 6) is 0.00416. The molecular weight excluding hydrogens is 332 g/mol. The van der Waals surface area contributed by atoms with Gasteiger partial charge in [-0.2, -0.15) is 0 Å². The smallest absolute Gasteiger partial charge is 0.255 e. The molecule has 0 radical (unpaired) electrons. The molecule has 26 heavy (non-hydrogen) atoms. The van der Waals surface area contributed by atoms with Crippen molar-refractivity contribution >= 4 is 11.8 Å². The molecule has 0 fully saturated rings. The van der Waals surface area contributed by atoms with Crippen LogP contribution in [-0.2, 0) is 9.59 Å². The summed E-state index contributed by atoms with van der Waals surface area (Å²) >= 11 is 0. The third kappa shape index (κ3) is 4.99. The van der Waals surface area contributed by atoms with Gasteiger partial charge in [-0.15, -0.1) is 0 Å². The average Bonchev–Trinajstić information content (AvgIpc) is 2.58. The largest absolute Gasteiger partial charge is 0.483 e. The number of hydrogen-bond acceptors (Lipinski definition) is 4. The van der Waals surface area contributed by atoms with Crippen LogP contribution in [0.4, 0.5) is 0 Å². The van der Waals surface area contributed by atoms with E-state index >= 15 is 0 Å². The van der Waals surface area contributed by atoms with Crippen LogP contribution < -0.4 is 20.9 Å².